The Labute approximate surface area is 94.9 Å². The lowest BCUT2D eigenvalue weighted by Gasteiger charge is -2.10. The van der Waals surface area contributed by atoms with Gasteiger partial charge in [-0.15, -0.1) is 0 Å². The lowest BCUT2D eigenvalue weighted by molar-refractivity contribution is 0.475. The molecular formula is C12H14ClNO. The summed E-state index contributed by atoms with van der Waals surface area (Å²) >= 11 is 5.80. The Hall–Kier alpha value is -1.41. The van der Waals surface area contributed by atoms with Gasteiger partial charge in [-0.1, -0.05) is 24.3 Å². The van der Waals surface area contributed by atoms with E-state index in [-0.39, 0.29) is 5.75 Å². The van der Waals surface area contributed by atoms with Crippen molar-refractivity contribution < 1.29 is 5.11 Å². The van der Waals surface area contributed by atoms with Gasteiger partial charge in [0.15, 0.2) is 0 Å². The van der Waals surface area contributed by atoms with Crippen LogP contribution in [0.4, 0.5) is 5.69 Å². The van der Waals surface area contributed by atoms with Crippen molar-refractivity contribution in [2.75, 3.05) is 5.32 Å². The average Bonchev–Trinajstić information content (AvgIpc) is 2.14. The number of aromatic hydroxyl groups is 1. The predicted molar refractivity (Wildman–Crippen MR) is 65.3 cm³/mol. The number of hydrogen-bond donors (Lipinski definition) is 2. The summed E-state index contributed by atoms with van der Waals surface area (Å²) in [6, 6.07) is 4.81. The van der Waals surface area contributed by atoms with Crippen molar-refractivity contribution in [1.29, 1.82) is 0 Å². The zero-order chi connectivity index (χ0) is 11.4. The maximum atomic E-state index is 9.33. The molecule has 0 spiro atoms. The lowest BCUT2D eigenvalue weighted by Crippen LogP contribution is -1.98. The number of allylic oxidation sites excluding steroid dienone is 2. The van der Waals surface area contributed by atoms with Crippen LogP contribution in [-0.2, 0) is 0 Å². The summed E-state index contributed by atoms with van der Waals surface area (Å²) in [6.07, 6.45) is 1.96. The third-order valence-corrected chi connectivity index (χ3v) is 2.31. The summed E-state index contributed by atoms with van der Waals surface area (Å²) in [5.74, 6) is 0.135. The van der Waals surface area contributed by atoms with Crippen molar-refractivity contribution in [3.63, 3.8) is 0 Å². The van der Waals surface area contributed by atoms with E-state index in [1.165, 1.54) is 6.07 Å². The standard InChI is InChI=1S/C12H14ClNO/c1-4-8(2)9(3)14-11-5-10(13)6-12(15)7-11/h4-7,14-15H,3H2,1-2H3/b8-4+. The molecule has 0 atom stereocenters. The van der Waals surface area contributed by atoms with Gasteiger partial charge in [0.2, 0.25) is 0 Å². The molecule has 80 valence electrons. The number of anilines is 1. The quantitative estimate of drug-likeness (QED) is 0.761. The van der Waals surface area contributed by atoms with E-state index in [0.29, 0.717) is 5.02 Å². The fraction of sp³-hybridized carbons (Fsp3) is 0.167. The molecule has 2 N–H and O–H groups in total. The number of hydrogen-bond acceptors (Lipinski definition) is 2. The van der Waals surface area contributed by atoms with Gasteiger partial charge in [0.25, 0.3) is 0 Å². The zero-order valence-corrected chi connectivity index (χ0v) is 9.60. The van der Waals surface area contributed by atoms with Crippen LogP contribution in [0.1, 0.15) is 13.8 Å². The summed E-state index contributed by atoms with van der Waals surface area (Å²) in [7, 11) is 0. The smallest absolute Gasteiger partial charge is 0.119 e. The molecule has 0 saturated heterocycles. The Bertz CT molecular complexity index is 390. The molecule has 1 aromatic carbocycles. The second-order valence-corrected chi connectivity index (χ2v) is 3.71. The molecule has 0 amide bonds. The lowest BCUT2D eigenvalue weighted by atomic mass is 10.2. The molecule has 0 bridgehead atoms. The van der Waals surface area contributed by atoms with Crippen LogP contribution in [0.15, 0.2) is 42.1 Å². The number of phenols is 1. The van der Waals surface area contributed by atoms with E-state index in [0.717, 1.165) is 17.0 Å². The van der Waals surface area contributed by atoms with Crippen LogP contribution in [0, 0.1) is 0 Å². The first-order valence-electron chi connectivity index (χ1n) is 4.61. The van der Waals surface area contributed by atoms with Gasteiger partial charge in [0.05, 0.1) is 0 Å². The largest absolute Gasteiger partial charge is 0.508 e. The number of halogens is 1. The molecule has 0 radical (unpaired) electrons. The molecule has 15 heavy (non-hydrogen) atoms. The van der Waals surface area contributed by atoms with Gasteiger partial charge < -0.3 is 10.4 Å². The zero-order valence-electron chi connectivity index (χ0n) is 8.84. The summed E-state index contributed by atoms with van der Waals surface area (Å²) in [5.41, 5.74) is 2.57. The van der Waals surface area contributed by atoms with Crippen molar-refractivity contribution in [2.24, 2.45) is 0 Å². The summed E-state index contributed by atoms with van der Waals surface area (Å²) in [6.45, 7) is 7.78. The van der Waals surface area contributed by atoms with E-state index in [2.05, 4.69) is 11.9 Å². The first-order valence-corrected chi connectivity index (χ1v) is 4.99. The van der Waals surface area contributed by atoms with Crippen LogP contribution in [0.3, 0.4) is 0 Å². The van der Waals surface area contributed by atoms with Crippen molar-refractivity contribution in [1.82, 2.24) is 0 Å². The van der Waals surface area contributed by atoms with Gasteiger partial charge in [0, 0.05) is 22.5 Å². The van der Waals surface area contributed by atoms with E-state index in [4.69, 9.17) is 11.6 Å². The summed E-state index contributed by atoms with van der Waals surface area (Å²) in [5, 5.41) is 12.9. The van der Waals surface area contributed by atoms with Crippen molar-refractivity contribution in [3.05, 3.63) is 47.1 Å². The van der Waals surface area contributed by atoms with Gasteiger partial charge in [0.1, 0.15) is 5.75 Å². The van der Waals surface area contributed by atoms with Crippen molar-refractivity contribution >= 4 is 17.3 Å². The van der Waals surface area contributed by atoms with Gasteiger partial charge >= 0.3 is 0 Å². The highest BCUT2D eigenvalue weighted by Crippen LogP contribution is 2.24. The molecule has 0 saturated carbocycles. The van der Waals surface area contributed by atoms with Gasteiger partial charge in [-0.3, -0.25) is 0 Å². The minimum atomic E-state index is 0.135. The Kier molecular flexibility index (Phi) is 3.81. The molecular weight excluding hydrogens is 210 g/mol. The molecule has 0 aliphatic rings. The molecule has 0 aliphatic heterocycles. The Balaban J connectivity index is 2.86. The van der Waals surface area contributed by atoms with Crippen LogP contribution in [-0.4, -0.2) is 5.11 Å². The van der Waals surface area contributed by atoms with Crippen molar-refractivity contribution in [3.8, 4) is 5.75 Å². The number of rotatable bonds is 3. The minimum Gasteiger partial charge on any atom is -0.508 e. The Morgan fingerprint density at radius 3 is 2.67 bits per heavy atom. The third-order valence-electron chi connectivity index (χ3n) is 2.09. The van der Waals surface area contributed by atoms with E-state index >= 15 is 0 Å². The first-order chi connectivity index (χ1) is 7.02. The van der Waals surface area contributed by atoms with Crippen LogP contribution >= 0.6 is 11.6 Å². The molecule has 0 aromatic heterocycles. The highest BCUT2D eigenvalue weighted by Gasteiger charge is 2.00. The Morgan fingerprint density at radius 2 is 2.13 bits per heavy atom. The molecule has 0 fully saturated rings. The second-order valence-electron chi connectivity index (χ2n) is 3.27. The van der Waals surface area contributed by atoms with E-state index in [1.807, 2.05) is 19.9 Å². The molecule has 1 aromatic rings. The average molecular weight is 224 g/mol. The van der Waals surface area contributed by atoms with E-state index in [9.17, 15) is 5.11 Å². The number of phenolic OH excluding ortho intramolecular Hbond substituents is 1. The maximum absolute atomic E-state index is 9.33. The fourth-order valence-electron chi connectivity index (χ4n) is 1.09. The highest BCUT2D eigenvalue weighted by molar-refractivity contribution is 6.31. The van der Waals surface area contributed by atoms with Gasteiger partial charge in [-0.25, -0.2) is 0 Å². The normalized spacial score (nSPS) is 11.3. The number of benzene rings is 1. The van der Waals surface area contributed by atoms with E-state index in [1.54, 1.807) is 12.1 Å². The minimum absolute atomic E-state index is 0.135. The molecule has 2 nitrogen and oxygen atoms in total. The van der Waals surface area contributed by atoms with Crippen LogP contribution < -0.4 is 5.32 Å². The molecule has 0 aliphatic carbocycles. The number of nitrogens with one attached hydrogen (secondary N) is 1. The van der Waals surface area contributed by atoms with Crippen LogP contribution in [0.25, 0.3) is 0 Å². The fourth-order valence-corrected chi connectivity index (χ4v) is 1.32. The molecule has 1 rings (SSSR count). The molecule has 3 heteroatoms. The SMILES string of the molecule is C=C(Nc1cc(O)cc(Cl)c1)/C(C)=C/C. The maximum Gasteiger partial charge on any atom is 0.119 e. The predicted octanol–water partition coefficient (Wildman–Crippen LogP) is 3.94. The first kappa shape index (κ1) is 11.7. The van der Waals surface area contributed by atoms with Gasteiger partial charge in [-0.05, 0) is 31.6 Å². The van der Waals surface area contributed by atoms with E-state index < -0.39 is 0 Å². The third kappa shape index (κ3) is 3.33. The molecule has 0 heterocycles. The monoisotopic (exact) mass is 223 g/mol. The molecule has 0 unspecified atom stereocenters. The highest BCUT2D eigenvalue weighted by atomic mass is 35.5. The summed E-state index contributed by atoms with van der Waals surface area (Å²) < 4.78 is 0. The topological polar surface area (TPSA) is 32.3 Å². The van der Waals surface area contributed by atoms with Crippen molar-refractivity contribution in [2.45, 2.75) is 13.8 Å². The summed E-state index contributed by atoms with van der Waals surface area (Å²) in [4.78, 5) is 0. The van der Waals surface area contributed by atoms with Gasteiger partial charge in [-0.2, -0.15) is 0 Å². The van der Waals surface area contributed by atoms with Crippen LogP contribution in [0.5, 0.6) is 5.75 Å². The van der Waals surface area contributed by atoms with Crippen LogP contribution in [0.2, 0.25) is 5.02 Å². The Morgan fingerprint density at radius 1 is 1.47 bits per heavy atom. The second kappa shape index (κ2) is 4.89.